The van der Waals surface area contributed by atoms with Crippen molar-refractivity contribution in [3.05, 3.63) is 68.2 Å². The van der Waals surface area contributed by atoms with Gasteiger partial charge in [-0.1, -0.05) is 12.1 Å². The Morgan fingerprint density at radius 3 is 2.04 bits per heavy atom. The molecule has 0 saturated carbocycles. The predicted molar refractivity (Wildman–Crippen MR) is 111 cm³/mol. The van der Waals surface area contributed by atoms with Crippen LogP contribution in [0.3, 0.4) is 0 Å². The van der Waals surface area contributed by atoms with Crippen molar-refractivity contribution in [1.29, 1.82) is 0 Å². The molecule has 0 aliphatic heterocycles. The summed E-state index contributed by atoms with van der Waals surface area (Å²) in [4.78, 5) is 24.3. The van der Waals surface area contributed by atoms with Gasteiger partial charge in [0.25, 0.3) is 10.0 Å². The molecule has 0 atom stereocenters. The lowest BCUT2D eigenvalue weighted by Gasteiger charge is -2.24. The Balaban J connectivity index is 2.31. The number of anilines is 1. The van der Waals surface area contributed by atoms with Crippen LogP contribution in [0.1, 0.15) is 18.1 Å². The molecule has 7 nitrogen and oxygen atoms in total. The zero-order valence-electron chi connectivity index (χ0n) is 16.6. The smallest absolute Gasteiger partial charge is 0.305 e. The topological polar surface area (TPSA) is 81.4 Å². The van der Waals surface area contributed by atoms with Gasteiger partial charge < -0.3 is 9.13 Å². The number of hydrogen-bond acceptors (Lipinski definition) is 4. The molecular weight excluding hydrogens is 378 g/mol. The molecule has 0 bridgehead atoms. The Kier molecular flexibility index (Phi) is 4.93. The van der Waals surface area contributed by atoms with E-state index in [1.807, 2.05) is 25.1 Å². The van der Waals surface area contributed by atoms with E-state index in [0.717, 1.165) is 5.56 Å². The average Bonchev–Trinajstić information content (AvgIpc) is 2.64. The van der Waals surface area contributed by atoms with Crippen LogP contribution in [0.4, 0.5) is 5.69 Å². The van der Waals surface area contributed by atoms with Crippen molar-refractivity contribution in [3.8, 4) is 0 Å². The largest absolute Gasteiger partial charge is 0.316 e. The van der Waals surface area contributed by atoms with Gasteiger partial charge in [0.05, 0.1) is 21.6 Å². The van der Waals surface area contributed by atoms with Crippen LogP contribution in [0.25, 0.3) is 11.0 Å². The van der Waals surface area contributed by atoms with Crippen LogP contribution in [0.15, 0.2) is 50.9 Å². The van der Waals surface area contributed by atoms with Crippen molar-refractivity contribution in [2.75, 3.05) is 10.8 Å². The van der Waals surface area contributed by atoms with Gasteiger partial charge in [-0.05, 0) is 56.2 Å². The van der Waals surface area contributed by atoms with Gasteiger partial charge in [0.15, 0.2) is 0 Å². The molecule has 0 radical (unpaired) electrons. The third-order valence-electron chi connectivity index (χ3n) is 4.93. The molecule has 148 valence electrons. The maximum absolute atomic E-state index is 13.5. The summed E-state index contributed by atoms with van der Waals surface area (Å²) in [5.41, 5.74) is 1.58. The summed E-state index contributed by atoms with van der Waals surface area (Å²) in [6.07, 6.45) is 0. The molecule has 3 aromatic rings. The Labute approximate surface area is 163 Å². The van der Waals surface area contributed by atoms with Gasteiger partial charge in [-0.15, -0.1) is 0 Å². The number of aryl methyl sites for hydroxylation is 4. The van der Waals surface area contributed by atoms with Crippen molar-refractivity contribution in [2.45, 2.75) is 25.7 Å². The molecule has 0 aliphatic rings. The molecule has 1 heterocycles. The fraction of sp³-hybridized carbons (Fsp3) is 0.300. The second-order valence-electron chi connectivity index (χ2n) is 6.84. The lowest BCUT2D eigenvalue weighted by molar-refractivity contribution is 0.591. The van der Waals surface area contributed by atoms with Gasteiger partial charge in [-0.3, -0.25) is 13.9 Å². The highest BCUT2D eigenvalue weighted by molar-refractivity contribution is 7.92. The molecule has 0 saturated heterocycles. The molecule has 0 unspecified atom stereocenters. The number of hydrogen-bond donors (Lipinski definition) is 0. The van der Waals surface area contributed by atoms with E-state index in [9.17, 15) is 18.0 Å². The summed E-state index contributed by atoms with van der Waals surface area (Å²) in [6, 6.07) is 10.4. The monoisotopic (exact) mass is 401 g/mol. The first-order valence-electron chi connectivity index (χ1n) is 8.89. The van der Waals surface area contributed by atoms with Gasteiger partial charge in [0, 0.05) is 20.6 Å². The van der Waals surface area contributed by atoms with E-state index in [2.05, 4.69) is 0 Å². The van der Waals surface area contributed by atoms with E-state index in [1.165, 1.54) is 33.6 Å². The Morgan fingerprint density at radius 2 is 1.50 bits per heavy atom. The number of fused-ring (bicyclic) bond motifs is 1. The molecular formula is C20H23N3O4S. The molecule has 8 heteroatoms. The number of sulfonamides is 1. The van der Waals surface area contributed by atoms with E-state index >= 15 is 0 Å². The highest BCUT2D eigenvalue weighted by atomic mass is 32.2. The quantitative estimate of drug-likeness (QED) is 0.627. The van der Waals surface area contributed by atoms with Crippen molar-refractivity contribution in [1.82, 2.24) is 9.13 Å². The van der Waals surface area contributed by atoms with Crippen LogP contribution in [-0.4, -0.2) is 24.1 Å². The summed E-state index contributed by atoms with van der Waals surface area (Å²) in [7, 11) is -0.892. The van der Waals surface area contributed by atoms with Gasteiger partial charge >= 0.3 is 11.1 Å². The summed E-state index contributed by atoms with van der Waals surface area (Å²) >= 11 is 0. The van der Waals surface area contributed by atoms with Crippen LogP contribution in [0.5, 0.6) is 0 Å². The Hall–Kier alpha value is -2.87. The van der Waals surface area contributed by atoms with Gasteiger partial charge in [0.2, 0.25) is 0 Å². The molecule has 1 aromatic heterocycles. The first-order valence-corrected chi connectivity index (χ1v) is 10.3. The minimum atomic E-state index is -3.87. The second-order valence-corrected chi connectivity index (χ2v) is 8.67. The van der Waals surface area contributed by atoms with Crippen LogP contribution >= 0.6 is 0 Å². The van der Waals surface area contributed by atoms with Crippen LogP contribution in [0, 0.1) is 13.8 Å². The van der Waals surface area contributed by atoms with E-state index < -0.39 is 21.1 Å². The number of nitrogens with zero attached hydrogens (tertiary/aromatic N) is 3. The summed E-state index contributed by atoms with van der Waals surface area (Å²) in [6.45, 7) is 5.62. The zero-order valence-corrected chi connectivity index (χ0v) is 17.4. The van der Waals surface area contributed by atoms with Crippen LogP contribution < -0.4 is 15.4 Å². The maximum atomic E-state index is 13.5. The average molecular weight is 401 g/mol. The summed E-state index contributed by atoms with van der Waals surface area (Å²) < 4.78 is 30.7. The van der Waals surface area contributed by atoms with Crippen LogP contribution in [0.2, 0.25) is 0 Å². The highest BCUT2D eigenvalue weighted by Crippen LogP contribution is 2.28. The summed E-state index contributed by atoms with van der Waals surface area (Å²) in [5.74, 6) is 0. The first-order chi connectivity index (χ1) is 13.1. The standard InChI is InChI=1S/C20H23N3O4S/c1-6-23(15-9-7-8-13(2)10-15)28(26,27)18-12-17-16(11-14(18)3)21(4)19(24)20(25)22(17)5/h7-12H,6H2,1-5H3. The van der Waals surface area contributed by atoms with Crippen molar-refractivity contribution < 1.29 is 8.42 Å². The minimum absolute atomic E-state index is 0.108. The first kappa shape index (κ1) is 19.9. The molecule has 3 rings (SSSR count). The second kappa shape index (κ2) is 6.94. The van der Waals surface area contributed by atoms with Crippen LogP contribution in [-0.2, 0) is 24.1 Å². The summed E-state index contributed by atoms with van der Waals surface area (Å²) in [5, 5.41) is 0. The molecule has 0 aliphatic carbocycles. The minimum Gasteiger partial charge on any atom is -0.305 e. The van der Waals surface area contributed by atoms with Crippen molar-refractivity contribution in [2.24, 2.45) is 14.1 Å². The van der Waals surface area contributed by atoms with Gasteiger partial charge in [-0.2, -0.15) is 0 Å². The van der Waals surface area contributed by atoms with E-state index in [1.54, 1.807) is 26.0 Å². The maximum Gasteiger partial charge on any atom is 0.316 e. The third kappa shape index (κ3) is 3.03. The lowest BCUT2D eigenvalue weighted by Crippen LogP contribution is -2.39. The Bertz CT molecular complexity index is 1300. The van der Waals surface area contributed by atoms with E-state index in [-0.39, 0.29) is 11.4 Å². The van der Waals surface area contributed by atoms with Gasteiger partial charge in [-0.25, -0.2) is 8.42 Å². The van der Waals surface area contributed by atoms with E-state index in [0.29, 0.717) is 22.3 Å². The molecule has 0 fully saturated rings. The van der Waals surface area contributed by atoms with Crippen molar-refractivity contribution >= 4 is 26.7 Å². The fourth-order valence-electron chi connectivity index (χ4n) is 3.38. The van der Waals surface area contributed by atoms with Crippen molar-refractivity contribution in [3.63, 3.8) is 0 Å². The molecule has 0 spiro atoms. The predicted octanol–water partition coefficient (Wildman–Crippen LogP) is 2.07. The highest BCUT2D eigenvalue weighted by Gasteiger charge is 2.27. The lowest BCUT2D eigenvalue weighted by atomic mass is 10.2. The molecule has 0 N–H and O–H groups in total. The SMILES string of the molecule is CCN(c1cccc(C)c1)S(=O)(=O)c1cc2c(cc1C)n(C)c(=O)c(=O)n2C. The molecule has 2 aromatic carbocycles. The molecule has 0 amide bonds. The third-order valence-corrected chi connectivity index (χ3v) is 6.98. The number of rotatable bonds is 4. The Morgan fingerprint density at radius 1 is 0.929 bits per heavy atom. The number of benzene rings is 2. The van der Waals surface area contributed by atoms with Gasteiger partial charge in [0.1, 0.15) is 0 Å². The van der Waals surface area contributed by atoms with E-state index in [4.69, 9.17) is 0 Å². The number of aromatic nitrogens is 2. The fourth-order valence-corrected chi connectivity index (χ4v) is 5.07. The molecule has 28 heavy (non-hydrogen) atoms. The zero-order chi connectivity index (χ0) is 20.8. The normalized spacial score (nSPS) is 11.8.